The van der Waals surface area contributed by atoms with Gasteiger partial charge in [0.05, 0.1) is 13.2 Å². The van der Waals surface area contributed by atoms with E-state index < -0.39 is 0 Å². The van der Waals surface area contributed by atoms with E-state index in [9.17, 15) is 0 Å². The molecule has 1 atom stereocenters. The Morgan fingerprint density at radius 2 is 1.94 bits per heavy atom. The summed E-state index contributed by atoms with van der Waals surface area (Å²) in [5.74, 6) is 0.872. The maximum absolute atomic E-state index is 9.00. The van der Waals surface area contributed by atoms with E-state index in [1.807, 2.05) is 13.8 Å². The molecule has 1 aromatic rings. The molecular weight excluding hydrogens is 234 g/mol. The summed E-state index contributed by atoms with van der Waals surface area (Å²) >= 11 is 0. The van der Waals surface area contributed by atoms with Crippen molar-refractivity contribution in [1.82, 2.24) is 15.0 Å². The molecule has 0 bridgehead atoms. The van der Waals surface area contributed by atoms with Gasteiger partial charge in [-0.15, -0.1) is 0 Å². The minimum absolute atomic E-state index is 0.00731. The third kappa shape index (κ3) is 4.70. The number of hydrogen-bond donors (Lipinski definition) is 3. The van der Waals surface area contributed by atoms with Gasteiger partial charge in [-0.05, 0) is 20.3 Å². The zero-order valence-corrected chi connectivity index (χ0v) is 11.1. The maximum Gasteiger partial charge on any atom is 0.323 e. The van der Waals surface area contributed by atoms with Crippen molar-refractivity contribution in [3.8, 4) is 6.01 Å². The van der Waals surface area contributed by atoms with Crippen molar-refractivity contribution in [2.24, 2.45) is 0 Å². The number of rotatable bonds is 8. The average molecular weight is 255 g/mol. The van der Waals surface area contributed by atoms with E-state index >= 15 is 0 Å². The SMILES string of the molecule is CCCNc1nc(NC(C)CO)nc(OCC)n1. The van der Waals surface area contributed by atoms with E-state index in [2.05, 4.69) is 32.5 Å². The van der Waals surface area contributed by atoms with Crippen LogP contribution in [0.5, 0.6) is 6.01 Å². The Morgan fingerprint density at radius 3 is 2.56 bits per heavy atom. The molecule has 0 spiro atoms. The summed E-state index contributed by atoms with van der Waals surface area (Å²) in [6.45, 7) is 7.05. The Balaban J connectivity index is 2.83. The highest BCUT2D eigenvalue weighted by atomic mass is 16.5. The number of aromatic nitrogens is 3. The third-order valence-corrected chi connectivity index (χ3v) is 2.07. The number of anilines is 2. The summed E-state index contributed by atoms with van der Waals surface area (Å²) in [7, 11) is 0. The molecule has 0 amide bonds. The zero-order valence-electron chi connectivity index (χ0n) is 11.1. The minimum atomic E-state index is -0.124. The van der Waals surface area contributed by atoms with Crippen molar-refractivity contribution < 1.29 is 9.84 Å². The summed E-state index contributed by atoms with van der Waals surface area (Å²) in [4.78, 5) is 12.5. The molecule has 3 N–H and O–H groups in total. The van der Waals surface area contributed by atoms with Gasteiger partial charge in [0.2, 0.25) is 11.9 Å². The van der Waals surface area contributed by atoms with Crippen LogP contribution in [-0.4, -0.2) is 45.9 Å². The molecule has 0 radical (unpaired) electrons. The summed E-state index contributed by atoms with van der Waals surface area (Å²) in [5, 5.41) is 15.1. The Morgan fingerprint density at radius 1 is 1.22 bits per heavy atom. The predicted molar refractivity (Wildman–Crippen MR) is 69.9 cm³/mol. The highest BCUT2D eigenvalue weighted by Crippen LogP contribution is 2.12. The Hall–Kier alpha value is -1.63. The third-order valence-electron chi connectivity index (χ3n) is 2.07. The van der Waals surface area contributed by atoms with Crippen LogP contribution in [0.15, 0.2) is 0 Å². The Labute approximate surface area is 107 Å². The standard InChI is InChI=1S/C11H21N5O2/c1-4-6-12-9-14-10(13-8(3)7-17)16-11(15-9)18-5-2/h8,17H,4-7H2,1-3H3,(H2,12,13,14,15,16). The predicted octanol–water partition coefficient (Wildman–Crippen LogP) is 0.885. The molecule has 18 heavy (non-hydrogen) atoms. The van der Waals surface area contributed by atoms with Crippen LogP contribution in [0.1, 0.15) is 27.2 Å². The molecule has 0 aliphatic rings. The van der Waals surface area contributed by atoms with Gasteiger partial charge in [0.15, 0.2) is 0 Å². The fourth-order valence-corrected chi connectivity index (χ4v) is 1.20. The molecule has 102 valence electrons. The molecule has 7 nitrogen and oxygen atoms in total. The molecule has 0 aliphatic heterocycles. The molecule has 1 heterocycles. The number of ether oxygens (including phenoxy) is 1. The number of hydrogen-bond acceptors (Lipinski definition) is 7. The average Bonchev–Trinajstić information content (AvgIpc) is 2.36. The molecule has 1 rings (SSSR count). The Kier molecular flexibility index (Phi) is 6.13. The first kappa shape index (κ1) is 14.4. The van der Waals surface area contributed by atoms with Crippen molar-refractivity contribution in [2.45, 2.75) is 33.2 Å². The van der Waals surface area contributed by atoms with Crippen molar-refractivity contribution in [3.05, 3.63) is 0 Å². The minimum Gasteiger partial charge on any atom is -0.464 e. The normalized spacial score (nSPS) is 12.0. The largest absolute Gasteiger partial charge is 0.464 e. The highest BCUT2D eigenvalue weighted by Gasteiger charge is 2.09. The van der Waals surface area contributed by atoms with Crippen molar-refractivity contribution >= 4 is 11.9 Å². The summed E-state index contributed by atoms with van der Waals surface area (Å²) in [5.41, 5.74) is 0. The van der Waals surface area contributed by atoms with Gasteiger partial charge in [0, 0.05) is 12.6 Å². The van der Waals surface area contributed by atoms with E-state index in [-0.39, 0.29) is 18.7 Å². The van der Waals surface area contributed by atoms with Crippen LogP contribution in [0.3, 0.4) is 0 Å². The topological polar surface area (TPSA) is 92.2 Å². The van der Waals surface area contributed by atoms with E-state index in [4.69, 9.17) is 9.84 Å². The molecule has 0 aromatic carbocycles. The number of aliphatic hydroxyl groups is 1. The van der Waals surface area contributed by atoms with Gasteiger partial charge < -0.3 is 20.5 Å². The van der Waals surface area contributed by atoms with Crippen LogP contribution in [-0.2, 0) is 0 Å². The first-order chi connectivity index (χ1) is 8.69. The van der Waals surface area contributed by atoms with Gasteiger partial charge in [0.25, 0.3) is 0 Å². The van der Waals surface area contributed by atoms with E-state index in [0.29, 0.717) is 18.5 Å². The van der Waals surface area contributed by atoms with Crippen molar-refractivity contribution in [2.75, 3.05) is 30.4 Å². The zero-order chi connectivity index (χ0) is 13.4. The fraction of sp³-hybridized carbons (Fsp3) is 0.727. The lowest BCUT2D eigenvalue weighted by Gasteiger charge is -2.12. The second-order valence-corrected chi connectivity index (χ2v) is 3.85. The molecular formula is C11H21N5O2. The van der Waals surface area contributed by atoms with Gasteiger partial charge in [-0.1, -0.05) is 6.92 Å². The van der Waals surface area contributed by atoms with Gasteiger partial charge >= 0.3 is 6.01 Å². The van der Waals surface area contributed by atoms with E-state index in [1.54, 1.807) is 0 Å². The summed E-state index contributed by atoms with van der Waals surface area (Å²) in [6, 6.07) is 0.152. The highest BCUT2D eigenvalue weighted by molar-refractivity contribution is 5.36. The van der Waals surface area contributed by atoms with E-state index in [0.717, 1.165) is 13.0 Å². The second-order valence-electron chi connectivity index (χ2n) is 3.85. The van der Waals surface area contributed by atoms with Gasteiger partial charge in [0.1, 0.15) is 0 Å². The van der Waals surface area contributed by atoms with Gasteiger partial charge in [-0.2, -0.15) is 15.0 Å². The van der Waals surface area contributed by atoms with Gasteiger partial charge in [-0.3, -0.25) is 0 Å². The maximum atomic E-state index is 9.00. The van der Waals surface area contributed by atoms with Crippen molar-refractivity contribution in [1.29, 1.82) is 0 Å². The summed E-state index contributed by atoms with van der Waals surface area (Å²) < 4.78 is 5.28. The lowest BCUT2D eigenvalue weighted by atomic mass is 10.4. The van der Waals surface area contributed by atoms with E-state index in [1.165, 1.54) is 0 Å². The van der Waals surface area contributed by atoms with Crippen LogP contribution >= 0.6 is 0 Å². The van der Waals surface area contributed by atoms with Crippen LogP contribution in [0.25, 0.3) is 0 Å². The second kappa shape index (κ2) is 7.65. The van der Waals surface area contributed by atoms with Crippen LogP contribution < -0.4 is 15.4 Å². The smallest absolute Gasteiger partial charge is 0.323 e. The first-order valence-electron chi connectivity index (χ1n) is 6.19. The Bertz CT molecular complexity index is 361. The fourth-order valence-electron chi connectivity index (χ4n) is 1.20. The number of nitrogens with zero attached hydrogens (tertiary/aromatic N) is 3. The lowest BCUT2D eigenvalue weighted by molar-refractivity contribution is 0.280. The number of nitrogens with one attached hydrogen (secondary N) is 2. The molecule has 0 saturated heterocycles. The number of aliphatic hydroxyl groups excluding tert-OH is 1. The molecule has 0 saturated carbocycles. The van der Waals surface area contributed by atoms with Crippen LogP contribution in [0.2, 0.25) is 0 Å². The first-order valence-corrected chi connectivity index (χ1v) is 6.19. The quantitative estimate of drug-likeness (QED) is 0.635. The molecule has 0 fully saturated rings. The summed E-state index contributed by atoms with van der Waals surface area (Å²) in [6.07, 6.45) is 0.978. The molecule has 1 aromatic heterocycles. The lowest BCUT2D eigenvalue weighted by Crippen LogP contribution is -2.22. The van der Waals surface area contributed by atoms with Gasteiger partial charge in [-0.25, -0.2) is 0 Å². The molecule has 1 unspecified atom stereocenters. The molecule has 7 heteroatoms. The van der Waals surface area contributed by atoms with Crippen LogP contribution in [0, 0.1) is 0 Å². The molecule has 0 aliphatic carbocycles. The monoisotopic (exact) mass is 255 g/mol. The van der Waals surface area contributed by atoms with Crippen LogP contribution in [0.4, 0.5) is 11.9 Å². The van der Waals surface area contributed by atoms with Crippen molar-refractivity contribution in [3.63, 3.8) is 0 Å².